The quantitative estimate of drug-likeness (QED) is 0.504. The maximum atomic E-state index is 14.5. The predicted molar refractivity (Wildman–Crippen MR) is 131 cm³/mol. The van der Waals surface area contributed by atoms with Crippen LogP contribution in [0.25, 0.3) is 0 Å². The number of rotatable bonds is 7. The van der Waals surface area contributed by atoms with Crippen LogP contribution in [0.5, 0.6) is 0 Å². The zero-order chi connectivity index (χ0) is 28.3. The van der Waals surface area contributed by atoms with E-state index < -0.39 is 47.1 Å². The van der Waals surface area contributed by atoms with Crippen LogP contribution in [0, 0.1) is 0 Å². The number of benzene rings is 2. The average molecular weight is 551 g/mol. The van der Waals surface area contributed by atoms with E-state index in [2.05, 4.69) is 0 Å². The molecule has 2 saturated heterocycles. The monoisotopic (exact) mass is 550 g/mol. The number of nitrogens with zero attached hydrogens (tertiary/aromatic N) is 2. The van der Waals surface area contributed by atoms with Gasteiger partial charge in [-0.3, -0.25) is 4.90 Å². The summed E-state index contributed by atoms with van der Waals surface area (Å²) in [6.07, 6.45) is -5.91. The van der Waals surface area contributed by atoms with Gasteiger partial charge in [-0.25, -0.2) is 14.4 Å². The highest BCUT2D eigenvalue weighted by molar-refractivity contribution is 5.83. The van der Waals surface area contributed by atoms with Crippen LogP contribution in [0.4, 0.5) is 22.8 Å². The van der Waals surface area contributed by atoms with E-state index in [1.807, 2.05) is 0 Å². The first-order valence-electron chi connectivity index (χ1n) is 12.4. The molecule has 2 aliphatic heterocycles. The maximum absolute atomic E-state index is 14.5. The minimum absolute atomic E-state index is 0.0392. The van der Waals surface area contributed by atoms with Crippen molar-refractivity contribution in [1.29, 1.82) is 0 Å². The standard InChI is InChI=1S/C27H29F3N2O7/c1-37-26(27(28,29)30,20-12-6-3-7-13-20)22(33)39-25(21-14-8-9-15-32(21)23(34)35)17-31(18-25)24(36)38-16-19-10-4-2-5-11-19/h2-7,10-13,21H,8-9,14-18H2,1H3,(H,34,35)/t21-,26+/m0/s1. The highest BCUT2D eigenvalue weighted by atomic mass is 19.4. The molecule has 0 aliphatic carbocycles. The van der Waals surface area contributed by atoms with Crippen molar-refractivity contribution in [3.05, 3.63) is 71.8 Å². The number of methoxy groups -OCH3 is 1. The SMILES string of the molecule is CO[C@@](C(=O)OC1([C@@H]2CCCCN2C(=O)O)CN(C(=O)OCc2ccccc2)C1)(c1ccccc1)C(F)(F)F. The molecule has 1 N–H and O–H groups in total. The van der Waals surface area contributed by atoms with Gasteiger partial charge in [-0.1, -0.05) is 60.7 Å². The zero-order valence-electron chi connectivity index (χ0n) is 21.2. The van der Waals surface area contributed by atoms with Crippen LogP contribution in [0.15, 0.2) is 60.7 Å². The number of hydrogen-bond donors (Lipinski definition) is 1. The number of likely N-dealkylation sites (tertiary alicyclic amines) is 2. The highest BCUT2D eigenvalue weighted by Gasteiger charge is 2.67. The van der Waals surface area contributed by atoms with Gasteiger partial charge >= 0.3 is 24.3 Å². The smallest absolute Gasteiger partial charge is 0.432 e. The predicted octanol–water partition coefficient (Wildman–Crippen LogP) is 4.56. The van der Waals surface area contributed by atoms with Crippen LogP contribution < -0.4 is 0 Å². The molecule has 0 bridgehead atoms. The Morgan fingerprint density at radius 3 is 2.18 bits per heavy atom. The minimum Gasteiger partial charge on any atom is -0.465 e. The Hall–Kier alpha value is -3.80. The van der Waals surface area contributed by atoms with Crippen LogP contribution in [0.2, 0.25) is 0 Å². The molecule has 39 heavy (non-hydrogen) atoms. The third kappa shape index (κ3) is 5.38. The molecule has 4 rings (SSSR count). The van der Waals surface area contributed by atoms with Gasteiger partial charge in [0.15, 0.2) is 5.60 Å². The molecule has 0 radical (unpaired) electrons. The van der Waals surface area contributed by atoms with E-state index in [4.69, 9.17) is 14.2 Å². The van der Waals surface area contributed by atoms with E-state index >= 15 is 0 Å². The molecule has 0 aromatic heterocycles. The van der Waals surface area contributed by atoms with Gasteiger partial charge in [0.05, 0.1) is 19.1 Å². The van der Waals surface area contributed by atoms with Crippen molar-refractivity contribution in [2.24, 2.45) is 0 Å². The second kappa shape index (κ2) is 11.1. The molecule has 2 aromatic rings. The molecule has 2 heterocycles. The van der Waals surface area contributed by atoms with Crippen molar-refractivity contribution in [2.75, 3.05) is 26.7 Å². The largest absolute Gasteiger partial charge is 0.465 e. The van der Waals surface area contributed by atoms with E-state index in [9.17, 15) is 32.7 Å². The molecule has 2 amide bonds. The lowest BCUT2D eigenvalue weighted by atomic mass is 9.80. The van der Waals surface area contributed by atoms with Crippen LogP contribution in [-0.4, -0.2) is 77.6 Å². The Labute approximate surface area is 223 Å². The zero-order valence-corrected chi connectivity index (χ0v) is 21.2. The first-order chi connectivity index (χ1) is 18.5. The van der Waals surface area contributed by atoms with Gasteiger partial charge in [0.1, 0.15) is 6.61 Å². The third-order valence-electron chi connectivity index (χ3n) is 7.21. The molecule has 9 nitrogen and oxygen atoms in total. The summed E-state index contributed by atoms with van der Waals surface area (Å²) in [4.78, 5) is 40.5. The van der Waals surface area contributed by atoms with Crippen molar-refractivity contribution >= 4 is 18.2 Å². The first kappa shape index (κ1) is 28.2. The fraction of sp³-hybridized carbons (Fsp3) is 0.444. The normalized spacial score (nSPS) is 20.4. The van der Waals surface area contributed by atoms with Crippen molar-refractivity contribution in [1.82, 2.24) is 9.80 Å². The van der Waals surface area contributed by atoms with E-state index in [0.29, 0.717) is 12.8 Å². The van der Waals surface area contributed by atoms with Crippen molar-refractivity contribution in [2.45, 2.75) is 49.3 Å². The van der Waals surface area contributed by atoms with Crippen LogP contribution in [-0.2, 0) is 31.2 Å². The van der Waals surface area contributed by atoms with Crippen LogP contribution in [0.3, 0.4) is 0 Å². The van der Waals surface area contributed by atoms with Gasteiger partial charge in [-0.2, -0.15) is 13.2 Å². The topological polar surface area (TPSA) is 106 Å². The summed E-state index contributed by atoms with van der Waals surface area (Å²) in [5.41, 5.74) is -4.95. The van der Waals surface area contributed by atoms with Crippen LogP contribution in [0.1, 0.15) is 30.4 Å². The Morgan fingerprint density at radius 2 is 1.62 bits per heavy atom. The number of amides is 2. The number of carboxylic acid groups (broad SMARTS) is 1. The fourth-order valence-electron chi connectivity index (χ4n) is 5.23. The summed E-state index contributed by atoms with van der Waals surface area (Å²) >= 11 is 0. The molecule has 2 atom stereocenters. The summed E-state index contributed by atoms with van der Waals surface area (Å²) in [6.45, 7) is -0.603. The Morgan fingerprint density at radius 1 is 1.00 bits per heavy atom. The van der Waals surface area contributed by atoms with Gasteiger partial charge in [0.25, 0.3) is 5.60 Å². The van der Waals surface area contributed by atoms with Gasteiger partial charge in [0.2, 0.25) is 0 Å². The molecule has 0 unspecified atom stereocenters. The number of esters is 1. The van der Waals surface area contributed by atoms with E-state index in [0.717, 1.165) is 29.7 Å². The first-order valence-corrected chi connectivity index (χ1v) is 12.4. The fourth-order valence-corrected chi connectivity index (χ4v) is 5.23. The highest BCUT2D eigenvalue weighted by Crippen LogP contribution is 2.46. The third-order valence-corrected chi connectivity index (χ3v) is 7.21. The van der Waals surface area contributed by atoms with Crippen molar-refractivity contribution in [3.8, 4) is 0 Å². The molecule has 12 heteroatoms. The number of carbonyl (C=O) groups is 3. The summed E-state index contributed by atoms with van der Waals surface area (Å²) in [6, 6.07) is 14.3. The number of alkyl halides is 3. The Balaban J connectivity index is 1.62. The summed E-state index contributed by atoms with van der Waals surface area (Å²) in [5.74, 6) is -1.74. The molecule has 0 spiro atoms. The molecule has 0 saturated carbocycles. The van der Waals surface area contributed by atoms with Crippen molar-refractivity contribution in [3.63, 3.8) is 0 Å². The lowest BCUT2D eigenvalue weighted by Crippen LogP contribution is -2.75. The average Bonchev–Trinajstić information content (AvgIpc) is 2.90. The van der Waals surface area contributed by atoms with Gasteiger partial charge < -0.3 is 24.2 Å². The second-order valence-corrected chi connectivity index (χ2v) is 9.59. The summed E-state index contributed by atoms with van der Waals surface area (Å²) in [7, 11) is 0.757. The Kier molecular flexibility index (Phi) is 8.05. The molecule has 210 valence electrons. The molecule has 2 aromatic carbocycles. The molecular weight excluding hydrogens is 521 g/mol. The number of piperidine rings is 1. The van der Waals surface area contributed by atoms with Gasteiger partial charge in [0, 0.05) is 19.2 Å². The number of halogens is 3. The number of ether oxygens (including phenoxy) is 3. The van der Waals surface area contributed by atoms with Gasteiger partial charge in [-0.05, 0) is 24.8 Å². The minimum atomic E-state index is -5.21. The van der Waals surface area contributed by atoms with Crippen molar-refractivity contribution < 1.29 is 46.9 Å². The van der Waals surface area contributed by atoms with Crippen LogP contribution >= 0.6 is 0 Å². The lowest BCUT2D eigenvalue weighted by Gasteiger charge is -2.55. The summed E-state index contributed by atoms with van der Waals surface area (Å²) in [5, 5.41) is 9.80. The maximum Gasteiger partial charge on any atom is 0.432 e. The van der Waals surface area contributed by atoms with Gasteiger partial charge in [-0.15, -0.1) is 0 Å². The molecular formula is C27H29F3N2O7. The van der Waals surface area contributed by atoms with E-state index in [1.54, 1.807) is 30.3 Å². The second-order valence-electron chi connectivity index (χ2n) is 9.59. The number of hydrogen-bond acceptors (Lipinski definition) is 6. The molecule has 2 aliphatic rings. The summed E-state index contributed by atoms with van der Waals surface area (Å²) < 4.78 is 59.3. The van der Waals surface area contributed by atoms with E-state index in [-0.39, 0.29) is 32.7 Å². The number of carbonyl (C=O) groups excluding carboxylic acids is 2. The Bertz CT molecular complexity index is 1170. The molecule has 2 fully saturated rings. The van der Waals surface area contributed by atoms with E-state index in [1.165, 1.54) is 23.1 Å². The lowest BCUT2D eigenvalue weighted by molar-refractivity contribution is -0.287.